The second-order valence-corrected chi connectivity index (χ2v) is 4.84. The minimum absolute atomic E-state index is 0.0474. The number of nitrogens with one attached hydrogen (secondary N) is 3. The van der Waals surface area contributed by atoms with Crippen LogP contribution in [0.2, 0.25) is 0 Å². The van der Waals surface area contributed by atoms with Crippen LogP contribution in [-0.4, -0.2) is 35.9 Å². The molecule has 0 bridgehead atoms. The Labute approximate surface area is 123 Å². The molecule has 0 aliphatic carbocycles. The van der Waals surface area contributed by atoms with Crippen LogP contribution in [0.25, 0.3) is 10.9 Å². The molecule has 1 aromatic carbocycles. The Hall–Kier alpha value is -2.34. The molecule has 1 heterocycles. The van der Waals surface area contributed by atoms with Crippen molar-refractivity contribution in [2.75, 3.05) is 13.1 Å². The predicted molar refractivity (Wildman–Crippen MR) is 81.7 cm³/mol. The Kier molecular flexibility index (Phi) is 4.94. The molecule has 0 saturated heterocycles. The summed E-state index contributed by atoms with van der Waals surface area (Å²) in [4.78, 5) is 26.3. The molecule has 6 nitrogen and oxygen atoms in total. The van der Waals surface area contributed by atoms with Crippen LogP contribution in [0.5, 0.6) is 0 Å². The number of hydrogen-bond donors (Lipinski definition) is 4. The number of rotatable bonds is 6. The molecule has 6 heteroatoms. The van der Waals surface area contributed by atoms with E-state index in [1.54, 1.807) is 0 Å². The first kappa shape index (κ1) is 15.1. The highest BCUT2D eigenvalue weighted by Gasteiger charge is 2.16. The van der Waals surface area contributed by atoms with E-state index in [0.29, 0.717) is 13.0 Å². The summed E-state index contributed by atoms with van der Waals surface area (Å²) in [6.45, 7) is 2.31. The number of aromatic amines is 1. The van der Waals surface area contributed by atoms with Crippen molar-refractivity contribution in [1.29, 1.82) is 0 Å². The number of carbonyl (C=O) groups is 2. The van der Waals surface area contributed by atoms with Crippen molar-refractivity contribution in [3.63, 3.8) is 0 Å². The standard InChI is InChI=1S/C15H20N4O2/c1-2-17-14(20)9-19-15(21)12(16)7-10-8-18-13-6-4-3-5-11(10)13/h3-6,8,12,18H,2,7,9,16H2,1H3,(H,17,20)(H,19,21). The molecular formula is C15H20N4O2. The van der Waals surface area contributed by atoms with Crippen molar-refractivity contribution in [1.82, 2.24) is 15.6 Å². The lowest BCUT2D eigenvalue weighted by molar-refractivity contribution is -0.126. The van der Waals surface area contributed by atoms with Gasteiger partial charge in [-0.3, -0.25) is 9.59 Å². The predicted octanol–water partition coefficient (Wildman–Crippen LogP) is 0.290. The number of hydrogen-bond acceptors (Lipinski definition) is 3. The van der Waals surface area contributed by atoms with E-state index >= 15 is 0 Å². The SMILES string of the molecule is CCNC(=O)CNC(=O)C(N)Cc1c[nH]c2ccccc12. The molecule has 0 saturated carbocycles. The van der Waals surface area contributed by atoms with E-state index in [4.69, 9.17) is 5.73 Å². The van der Waals surface area contributed by atoms with Crippen LogP contribution < -0.4 is 16.4 Å². The van der Waals surface area contributed by atoms with Crippen molar-refractivity contribution < 1.29 is 9.59 Å². The Morgan fingerprint density at radius 1 is 1.29 bits per heavy atom. The van der Waals surface area contributed by atoms with Crippen molar-refractivity contribution in [3.05, 3.63) is 36.0 Å². The van der Waals surface area contributed by atoms with E-state index in [2.05, 4.69) is 15.6 Å². The van der Waals surface area contributed by atoms with Gasteiger partial charge in [0.15, 0.2) is 0 Å². The molecule has 112 valence electrons. The molecule has 1 atom stereocenters. The van der Waals surface area contributed by atoms with E-state index in [0.717, 1.165) is 16.5 Å². The first-order chi connectivity index (χ1) is 10.1. The number of likely N-dealkylation sites (N-methyl/N-ethyl adjacent to an activating group) is 1. The zero-order valence-corrected chi connectivity index (χ0v) is 12.0. The van der Waals surface area contributed by atoms with Gasteiger partial charge in [0.1, 0.15) is 0 Å². The monoisotopic (exact) mass is 288 g/mol. The van der Waals surface area contributed by atoms with Crippen LogP contribution >= 0.6 is 0 Å². The number of aromatic nitrogens is 1. The molecule has 1 aromatic heterocycles. The smallest absolute Gasteiger partial charge is 0.239 e. The Morgan fingerprint density at radius 3 is 2.81 bits per heavy atom. The summed E-state index contributed by atoms with van der Waals surface area (Å²) < 4.78 is 0. The second-order valence-electron chi connectivity index (χ2n) is 4.84. The summed E-state index contributed by atoms with van der Waals surface area (Å²) in [5.74, 6) is -0.545. The maximum absolute atomic E-state index is 11.9. The number of carbonyl (C=O) groups excluding carboxylic acids is 2. The number of amides is 2. The lowest BCUT2D eigenvalue weighted by Gasteiger charge is -2.11. The average Bonchev–Trinajstić information content (AvgIpc) is 2.88. The molecule has 0 spiro atoms. The quantitative estimate of drug-likeness (QED) is 0.614. The summed E-state index contributed by atoms with van der Waals surface area (Å²) in [5.41, 5.74) is 7.91. The van der Waals surface area contributed by atoms with Gasteiger partial charge in [-0.05, 0) is 25.0 Å². The molecule has 1 unspecified atom stereocenters. The lowest BCUT2D eigenvalue weighted by Crippen LogP contribution is -2.45. The third kappa shape index (κ3) is 3.82. The zero-order valence-electron chi connectivity index (χ0n) is 12.0. The average molecular weight is 288 g/mol. The molecule has 5 N–H and O–H groups in total. The van der Waals surface area contributed by atoms with Gasteiger partial charge < -0.3 is 21.4 Å². The Bertz CT molecular complexity index is 635. The highest BCUT2D eigenvalue weighted by atomic mass is 16.2. The second kappa shape index (κ2) is 6.90. The van der Waals surface area contributed by atoms with Gasteiger partial charge in [0, 0.05) is 23.6 Å². The van der Waals surface area contributed by atoms with E-state index in [-0.39, 0.29) is 18.4 Å². The third-order valence-corrected chi connectivity index (χ3v) is 3.25. The van der Waals surface area contributed by atoms with Crippen LogP contribution in [0, 0.1) is 0 Å². The molecule has 2 rings (SSSR count). The van der Waals surface area contributed by atoms with Crippen LogP contribution in [0.1, 0.15) is 12.5 Å². The summed E-state index contributed by atoms with van der Waals surface area (Å²) in [6, 6.07) is 7.17. The van der Waals surface area contributed by atoms with Gasteiger partial charge in [0.2, 0.25) is 11.8 Å². The van der Waals surface area contributed by atoms with Crippen molar-refractivity contribution in [3.8, 4) is 0 Å². The summed E-state index contributed by atoms with van der Waals surface area (Å²) in [7, 11) is 0. The third-order valence-electron chi connectivity index (χ3n) is 3.25. The molecular weight excluding hydrogens is 268 g/mol. The van der Waals surface area contributed by atoms with E-state index in [1.807, 2.05) is 37.4 Å². The maximum Gasteiger partial charge on any atom is 0.239 e. The highest BCUT2D eigenvalue weighted by molar-refractivity contribution is 5.88. The molecule has 2 amide bonds. The van der Waals surface area contributed by atoms with Gasteiger partial charge in [-0.25, -0.2) is 0 Å². The first-order valence-electron chi connectivity index (χ1n) is 6.96. The fourth-order valence-corrected chi connectivity index (χ4v) is 2.19. The highest BCUT2D eigenvalue weighted by Crippen LogP contribution is 2.18. The minimum atomic E-state index is -0.682. The van der Waals surface area contributed by atoms with Gasteiger partial charge in [-0.2, -0.15) is 0 Å². The van der Waals surface area contributed by atoms with Gasteiger partial charge in [0.05, 0.1) is 12.6 Å². The van der Waals surface area contributed by atoms with Gasteiger partial charge >= 0.3 is 0 Å². The maximum atomic E-state index is 11.9. The number of benzene rings is 1. The Balaban J connectivity index is 1.93. The van der Waals surface area contributed by atoms with Crippen molar-refractivity contribution in [2.24, 2.45) is 5.73 Å². The summed E-state index contributed by atoms with van der Waals surface area (Å²) >= 11 is 0. The number of fused-ring (bicyclic) bond motifs is 1. The summed E-state index contributed by atoms with van der Waals surface area (Å²) in [6.07, 6.45) is 2.28. The van der Waals surface area contributed by atoms with E-state index in [9.17, 15) is 9.59 Å². The van der Waals surface area contributed by atoms with Crippen LogP contribution in [-0.2, 0) is 16.0 Å². The van der Waals surface area contributed by atoms with Crippen molar-refractivity contribution in [2.45, 2.75) is 19.4 Å². The van der Waals surface area contributed by atoms with E-state index in [1.165, 1.54) is 0 Å². The molecule has 0 aliphatic rings. The first-order valence-corrected chi connectivity index (χ1v) is 6.96. The van der Waals surface area contributed by atoms with Gasteiger partial charge in [0.25, 0.3) is 0 Å². The molecule has 0 radical (unpaired) electrons. The molecule has 0 aliphatic heterocycles. The largest absolute Gasteiger partial charge is 0.361 e. The number of H-pyrrole nitrogens is 1. The van der Waals surface area contributed by atoms with Crippen LogP contribution in [0.3, 0.4) is 0 Å². The van der Waals surface area contributed by atoms with Gasteiger partial charge in [-0.15, -0.1) is 0 Å². The van der Waals surface area contributed by atoms with E-state index < -0.39 is 6.04 Å². The zero-order chi connectivity index (χ0) is 15.2. The van der Waals surface area contributed by atoms with Crippen LogP contribution in [0.4, 0.5) is 0 Å². The molecule has 0 fully saturated rings. The Morgan fingerprint density at radius 2 is 2.05 bits per heavy atom. The van der Waals surface area contributed by atoms with Crippen LogP contribution in [0.15, 0.2) is 30.5 Å². The number of para-hydroxylation sites is 1. The number of nitrogens with two attached hydrogens (primary N) is 1. The fourth-order valence-electron chi connectivity index (χ4n) is 2.19. The summed E-state index contributed by atoms with van der Waals surface area (Å²) in [5, 5.41) is 6.21. The van der Waals surface area contributed by atoms with Gasteiger partial charge in [-0.1, -0.05) is 18.2 Å². The molecule has 2 aromatic rings. The topological polar surface area (TPSA) is 100 Å². The lowest BCUT2D eigenvalue weighted by atomic mass is 10.1. The molecule has 21 heavy (non-hydrogen) atoms. The minimum Gasteiger partial charge on any atom is -0.361 e. The normalized spacial score (nSPS) is 12.1. The van der Waals surface area contributed by atoms with Crippen molar-refractivity contribution >= 4 is 22.7 Å². The fraction of sp³-hybridized carbons (Fsp3) is 0.333.